The second-order valence-electron chi connectivity index (χ2n) is 6.18. The van der Waals surface area contributed by atoms with Gasteiger partial charge in [-0.05, 0) is 62.2 Å². The second-order valence-corrected chi connectivity index (χ2v) is 8.71. The number of benzene rings is 1. The highest BCUT2D eigenvalue weighted by Crippen LogP contribution is 2.34. The van der Waals surface area contributed by atoms with Crippen LogP contribution in [-0.4, -0.2) is 26.2 Å². The van der Waals surface area contributed by atoms with E-state index in [2.05, 4.69) is 72.1 Å². The van der Waals surface area contributed by atoms with Gasteiger partial charge in [0, 0.05) is 28.1 Å². The Morgan fingerprint density at radius 3 is 2.65 bits per heavy atom. The molecule has 0 N–H and O–H groups in total. The molecule has 0 radical (unpaired) electrons. The van der Waals surface area contributed by atoms with E-state index in [0.717, 1.165) is 27.1 Å². The number of thioether (sulfide) groups is 1. The van der Waals surface area contributed by atoms with Gasteiger partial charge in [-0.2, -0.15) is 0 Å². The van der Waals surface area contributed by atoms with Crippen molar-refractivity contribution in [2.24, 2.45) is 0 Å². The summed E-state index contributed by atoms with van der Waals surface area (Å²) in [6, 6.07) is 8.40. The third-order valence-electron chi connectivity index (χ3n) is 4.34. The van der Waals surface area contributed by atoms with E-state index < -0.39 is 0 Å². The van der Waals surface area contributed by atoms with Gasteiger partial charge < -0.3 is 4.57 Å². The lowest BCUT2D eigenvalue weighted by Gasteiger charge is -2.11. The Labute approximate surface area is 171 Å². The van der Waals surface area contributed by atoms with E-state index >= 15 is 0 Å². The molecule has 0 spiro atoms. The lowest BCUT2D eigenvalue weighted by Crippen LogP contribution is -2.27. The first-order valence-corrected chi connectivity index (χ1v) is 10.2. The molecule has 1 aromatic heterocycles. The molecule has 6 heteroatoms. The third kappa shape index (κ3) is 3.46. The number of hydrogen-bond donors (Lipinski definition) is 0. The van der Waals surface area contributed by atoms with Gasteiger partial charge in [-0.1, -0.05) is 46.0 Å². The van der Waals surface area contributed by atoms with Gasteiger partial charge in [0.2, 0.25) is 0 Å². The summed E-state index contributed by atoms with van der Waals surface area (Å²) in [4.78, 5) is 14.8. The first-order valence-electron chi connectivity index (χ1n) is 8.15. The average molecular weight is 447 g/mol. The summed E-state index contributed by atoms with van der Waals surface area (Å²) in [5.41, 5.74) is 5.54. The van der Waals surface area contributed by atoms with Crippen molar-refractivity contribution in [2.45, 2.75) is 20.8 Å². The molecule has 1 aromatic carbocycles. The molecule has 1 fully saturated rings. The van der Waals surface area contributed by atoms with Gasteiger partial charge in [-0.15, -0.1) is 6.58 Å². The highest BCUT2D eigenvalue weighted by atomic mass is 79.9. The number of carbonyl (C=O) groups excluding carboxylic acids is 1. The van der Waals surface area contributed by atoms with E-state index in [4.69, 9.17) is 12.2 Å². The van der Waals surface area contributed by atoms with Crippen molar-refractivity contribution in [3.63, 3.8) is 0 Å². The predicted octanol–water partition coefficient (Wildman–Crippen LogP) is 5.55. The number of halogens is 1. The zero-order valence-corrected chi connectivity index (χ0v) is 18.1. The van der Waals surface area contributed by atoms with Crippen molar-refractivity contribution >= 4 is 56.2 Å². The summed E-state index contributed by atoms with van der Waals surface area (Å²) in [6.45, 7) is 10.4. The number of aromatic nitrogens is 1. The maximum atomic E-state index is 12.6. The summed E-state index contributed by atoms with van der Waals surface area (Å²) in [7, 11) is 0. The van der Waals surface area contributed by atoms with Gasteiger partial charge in [-0.3, -0.25) is 9.69 Å². The van der Waals surface area contributed by atoms with Crippen LogP contribution >= 0.6 is 39.9 Å². The van der Waals surface area contributed by atoms with Crippen molar-refractivity contribution in [3.8, 4) is 5.69 Å². The van der Waals surface area contributed by atoms with Gasteiger partial charge in [0.15, 0.2) is 0 Å². The van der Waals surface area contributed by atoms with Crippen molar-refractivity contribution in [3.05, 3.63) is 68.8 Å². The fourth-order valence-electron chi connectivity index (χ4n) is 3.03. The Morgan fingerprint density at radius 2 is 2.00 bits per heavy atom. The van der Waals surface area contributed by atoms with Crippen LogP contribution in [0.2, 0.25) is 0 Å². The van der Waals surface area contributed by atoms with Crippen LogP contribution in [0.15, 0.2) is 46.3 Å². The topological polar surface area (TPSA) is 25.2 Å². The minimum absolute atomic E-state index is 0.0517. The molecule has 26 heavy (non-hydrogen) atoms. The summed E-state index contributed by atoms with van der Waals surface area (Å²) < 4.78 is 3.88. The number of hydrogen-bond acceptors (Lipinski definition) is 3. The number of rotatable bonds is 4. The molecule has 134 valence electrons. The van der Waals surface area contributed by atoms with Crippen LogP contribution in [0.25, 0.3) is 11.8 Å². The Bertz CT molecular complexity index is 959. The zero-order chi connectivity index (χ0) is 19.0. The Hall–Kier alpha value is -1.63. The SMILES string of the molecule is C=CCN1C(=O)/C(=C/c2cc(C)n(-c3ccc(Br)c(C)c3)c2C)SC1=S. The molecule has 3 nitrogen and oxygen atoms in total. The lowest BCUT2D eigenvalue weighted by molar-refractivity contribution is -0.121. The first kappa shape index (κ1) is 19.1. The van der Waals surface area contributed by atoms with Crippen molar-refractivity contribution in [1.29, 1.82) is 0 Å². The van der Waals surface area contributed by atoms with E-state index in [9.17, 15) is 4.79 Å². The Morgan fingerprint density at radius 1 is 1.27 bits per heavy atom. The van der Waals surface area contributed by atoms with Crippen LogP contribution in [0.5, 0.6) is 0 Å². The average Bonchev–Trinajstić information content (AvgIpc) is 3.01. The van der Waals surface area contributed by atoms with E-state index in [1.807, 2.05) is 6.08 Å². The highest BCUT2D eigenvalue weighted by molar-refractivity contribution is 9.10. The lowest BCUT2D eigenvalue weighted by atomic mass is 10.2. The molecule has 1 saturated heterocycles. The second kappa shape index (κ2) is 7.55. The van der Waals surface area contributed by atoms with Crippen LogP contribution in [0.1, 0.15) is 22.5 Å². The fourth-order valence-corrected chi connectivity index (χ4v) is 4.54. The molecule has 1 aliphatic heterocycles. The molecule has 2 heterocycles. The predicted molar refractivity (Wildman–Crippen MR) is 118 cm³/mol. The van der Waals surface area contributed by atoms with E-state index in [-0.39, 0.29) is 5.91 Å². The number of carbonyl (C=O) groups is 1. The van der Waals surface area contributed by atoms with E-state index in [1.165, 1.54) is 17.3 Å². The minimum Gasteiger partial charge on any atom is -0.318 e. The molecular formula is C20H19BrN2OS2. The summed E-state index contributed by atoms with van der Waals surface area (Å²) in [5, 5.41) is 0. The van der Waals surface area contributed by atoms with Gasteiger partial charge >= 0.3 is 0 Å². The maximum Gasteiger partial charge on any atom is 0.266 e. The molecule has 0 bridgehead atoms. The van der Waals surface area contributed by atoms with Gasteiger partial charge in [0.25, 0.3) is 5.91 Å². The van der Waals surface area contributed by atoms with Gasteiger partial charge in [0.05, 0.1) is 4.91 Å². The third-order valence-corrected chi connectivity index (χ3v) is 6.61. The Balaban J connectivity index is 2.01. The van der Waals surface area contributed by atoms with Crippen LogP contribution in [0.3, 0.4) is 0 Å². The maximum absolute atomic E-state index is 12.6. The van der Waals surface area contributed by atoms with E-state index in [1.54, 1.807) is 11.0 Å². The van der Waals surface area contributed by atoms with E-state index in [0.29, 0.717) is 15.8 Å². The number of aryl methyl sites for hydroxylation is 2. The van der Waals surface area contributed by atoms with Crippen molar-refractivity contribution < 1.29 is 4.79 Å². The fraction of sp³-hybridized carbons (Fsp3) is 0.200. The van der Waals surface area contributed by atoms with Crippen molar-refractivity contribution in [1.82, 2.24) is 9.47 Å². The Kier molecular flexibility index (Phi) is 5.55. The molecule has 0 saturated carbocycles. The molecule has 2 aromatic rings. The molecule has 1 amide bonds. The van der Waals surface area contributed by atoms with Crippen LogP contribution in [0, 0.1) is 20.8 Å². The number of amides is 1. The molecule has 0 atom stereocenters. The van der Waals surface area contributed by atoms with Gasteiger partial charge in [0.1, 0.15) is 4.32 Å². The number of thiocarbonyl (C=S) groups is 1. The van der Waals surface area contributed by atoms with Crippen LogP contribution in [-0.2, 0) is 4.79 Å². The first-order chi connectivity index (χ1) is 12.3. The van der Waals surface area contributed by atoms with Crippen LogP contribution in [0.4, 0.5) is 0 Å². The zero-order valence-electron chi connectivity index (χ0n) is 14.9. The number of nitrogens with zero attached hydrogens (tertiary/aromatic N) is 2. The monoisotopic (exact) mass is 446 g/mol. The summed E-state index contributed by atoms with van der Waals surface area (Å²) >= 11 is 10.2. The standard InChI is InChI=1S/C20H19BrN2OS2/c1-5-8-22-19(24)18(26-20(22)25)11-15-10-13(3)23(14(15)4)16-6-7-17(21)12(2)9-16/h5-7,9-11H,1,8H2,2-4H3/b18-11-. The minimum atomic E-state index is -0.0517. The molecule has 0 aliphatic carbocycles. The van der Waals surface area contributed by atoms with Crippen molar-refractivity contribution in [2.75, 3.05) is 6.54 Å². The molecule has 3 rings (SSSR count). The quantitative estimate of drug-likeness (QED) is 0.349. The molecule has 0 unspecified atom stereocenters. The normalized spacial score (nSPS) is 16.0. The smallest absolute Gasteiger partial charge is 0.266 e. The van der Waals surface area contributed by atoms with Crippen LogP contribution < -0.4 is 0 Å². The molecular weight excluding hydrogens is 428 g/mol. The summed E-state index contributed by atoms with van der Waals surface area (Å²) in [5.74, 6) is -0.0517. The van der Waals surface area contributed by atoms with Gasteiger partial charge in [-0.25, -0.2) is 0 Å². The summed E-state index contributed by atoms with van der Waals surface area (Å²) in [6.07, 6.45) is 3.63. The highest BCUT2D eigenvalue weighted by Gasteiger charge is 2.31. The largest absolute Gasteiger partial charge is 0.318 e. The molecule has 1 aliphatic rings.